The summed E-state index contributed by atoms with van der Waals surface area (Å²) in [7, 11) is -1.42. The number of halogens is 1. The van der Waals surface area contributed by atoms with E-state index < -0.39 is 11.0 Å². The van der Waals surface area contributed by atoms with Gasteiger partial charge in [-0.2, -0.15) is 0 Å². The van der Waals surface area contributed by atoms with Gasteiger partial charge in [0.2, 0.25) is 0 Å². The average molecular weight is 494 g/mol. The van der Waals surface area contributed by atoms with Crippen LogP contribution >= 0.6 is 22.9 Å². The summed E-state index contributed by atoms with van der Waals surface area (Å²) in [5, 5.41) is 4.42. The minimum atomic E-state index is -1.42. The van der Waals surface area contributed by atoms with Gasteiger partial charge in [0.1, 0.15) is 16.8 Å². The number of hydrogen-bond donors (Lipinski definition) is 4. The van der Waals surface area contributed by atoms with Crippen molar-refractivity contribution in [3.05, 3.63) is 52.5 Å². The molecule has 1 unspecified atom stereocenters. The Bertz CT molecular complexity index is 1020. The van der Waals surface area contributed by atoms with Crippen LogP contribution in [0.25, 0.3) is 10.4 Å². The maximum atomic E-state index is 13.3. The molecule has 9 heteroatoms. The van der Waals surface area contributed by atoms with Crippen LogP contribution < -0.4 is 21.5 Å². The van der Waals surface area contributed by atoms with Crippen molar-refractivity contribution in [1.29, 1.82) is 0 Å². The van der Waals surface area contributed by atoms with E-state index in [9.17, 15) is 4.21 Å². The third-order valence-corrected chi connectivity index (χ3v) is 7.89. The highest BCUT2D eigenvalue weighted by Gasteiger charge is 2.22. The number of anilines is 1. The molecule has 0 saturated heterocycles. The van der Waals surface area contributed by atoms with Gasteiger partial charge in [-0.15, -0.1) is 11.3 Å². The summed E-state index contributed by atoms with van der Waals surface area (Å²) in [5.74, 6) is 0.914. The number of benzene rings is 1. The van der Waals surface area contributed by atoms with Crippen LogP contribution in [0.4, 0.5) is 5.69 Å². The maximum absolute atomic E-state index is 13.3. The molecule has 1 aliphatic rings. The number of nitrogens with one attached hydrogen (secondary N) is 2. The van der Waals surface area contributed by atoms with Gasteiger partial charge in [-0.3, -0.25) is 0 Å². The van der Waals surface area contributed by atoms with Crippen molar-refractivity contribution in [1.82, 2.24) is 9.71 Å². The lowest BCUT2D eigenvalue weighted by Crippen LogP contribution is -2.37. The number of hydrogen-bond acceptors (Lipinski definition) is 6. The molecule has 1 heterocycles. The second kappa shape index (κ2) is 10.8. The first kappa shape index (κ1) is 24.8. The Morgan fingerprint density at radius 3 is 2.59 bits per heavy atom. The fourth-order valence-corrected chi connectivity index (χ4v) is 6.15. The first-order valence-electron chi connectivity index (χ1n) is 10.8. The largest absolute Gasteiger partial charge is 0.389 e. The Hall–Kier alpha value is -1.87. The van der Waals surface area contributed by atoms with E-state index in [1.54, 1.807) is 17.4 Å². The van der Waals surface area contributed by atoms with Crippen LogP contribution in [0, 0.1) is 0 Å². The molecule has 2 aromatic rings. The van der Waals surface area contributed by atoms with Gasteiger partial charge >= 0.3 is 0 Å². The third kappa shape index (κ3) is 7.07. The van der Waals surface area contributed by atoms with Crippen molar-refractivity contribution >= 4 is 39.6 Å². The van der Waals surface area contributed by atoms with Crippen molar-refractivity contribution in [3.8, 4) is 10.4 Å². The van der Waals surface area contributed by atoms with Crippen LogP contribution in [0.3, 0.4) is 0 Å². The third-order valence-electron chi connectivity index (χ3n) is 5.03. The molecule has 3 rings (SSSR count). The minimum Gasteiger partial charge on any atom is -0.389 e. The number of rotatable bonds is 7. The molecule has 1 aromatic carbocycles. The standard InChI is InChI=1S/C23H32ClN5OS2/c1-23(2,3)29-32(30)19-13-16(28-21(26)12-11-20(24)25)9-10-17(19)18-14-27-22(31-18)15-7-5-4-6-8-15/h9-15,28-29H,4-8,25-26H2,1-3H3/b20-11-,21-12+. The van der Waals surface area contributed by atoms with Crippen LogP contribution in [-0.4, -0.2) is 14.7 Å². The van der Waals surface area contributed by atoms with Crippen LogP contribution in [-0.2, 0) is 11.0 Å². The van der Waals surface area contributed by atoms with E-state index in [-0.39, 0.29) is 10.7 Å². The summed E-state index contributed by atoms with van der Waals surface area (Å²) in [6.07, 6.45) is 11.3. The minimum absolute atomic E-state index is 0.139. The Balaban J connectivity index is 1.94. The molecule has 6 nitrogen and oxygen atoms in total. The van der Waals surface area contributed by atoms with Gasteiger partial charge in [-0.25, -0.2) is 13.9 Å². The fourth-order valence-electron chi connectivity index (χ4n) is 3.62. The molecule has 0 amide bonds. The number of nitrogens with zero attached hydrogens (tertiary/aromatic N) is 1. The van der Waals surface area contributed by atoms with Crippen molar-refractivity contribution in [2.45, 2.75) is 69.2 Å². The van der Waals surface area contributed by atoms with E-state index in [1.807, 2.05) is 45.2 Å². The summed E-state index contributed by atoms with van der Waals surface area (Å²) in [6, 6.07) is 5.75. The zero-order chi connectivity index (χ0) is 23.3. The predicted molar refractivity (Wildman–Crippen MR) is 137 cm³/mol. The SMILES string of the molecule is CC(C)(C)NS(=O)c1cc(N/C(N)=C/C=C(\N)Cl)ccc1-c1cnc(C2CCCCC2)s1. The lowest BCUT2D eigenvalue weighted by atomic mass is 9.90. The van der Waals surface area contributed by atoms with Gasteiger partial charge < -0.3 is 16.8 Å². The molecule has 6 N–H and O–H groups in total. The van der Waals surface area contributed by atoms with Crippen molar-refractivity contribution < 1.29 is 4.21 Å². The highest BCUT2D eigenvalue weighted by Crippen LogP contribution is 2.39. The highest BCUT2D eigenvalue weighted by molar-refractivity contribution is 7.83. The van der Waals surface area contributed by atoms with Gasteiger partial charge in [-0.1, -0.05) is 36.9 Å². The molecular weight excluding hydrogens is 462 g/mol. The molecule has 0 bridgehead atoms. The monoisotopic (exact) mass is 493 g/mol. The lowest BCUT2D eigenvalue weighted by Gasteiger charge is -2.21. The Labute approximate surface area is 202 Å². The second-order valence-corrected chi connectivity index (χ2v) is 11.7. The highest BCUT2D eigenvalue weighted by atomic mass is 35.5. The summed E-state index contributed by atoms with van der Waals surface area (Å²) in [6.45, 7) is 5.97. The average Bonchev–Trinajstić information content (AvgIpc) is 3.22. The Kier molecular flexibility index (Phi) is 8.38. The fraction of sp³-hybridized carbons (Fsp3) is 0.435. The Morgan fingerprint density at radius 2 is 1.94 bits per heavy atom. The van der Waals surface area contributed by atoms with E-state index in [1.165, 1.54) is 43.2 Å². The molecule has 1 aromatic heterocycles. The number of aromatic nitrogens is 1. The summed E-state index contributed by atoms with van der Waals surface area (Å²) in [4.78, 5) is 6.44. The van der Waals surface area contributed by atoms with Crippen LogP contribution in [0.5, 0.6) is 0 Å². The Morgan fingerprint density at radius 1 is 1.22 bits per heavy atom. The van der Waals surface area contributed by atoms with Crippen LogP contribution in [0.1, 0.15) is 63.8 Å². The van der Waals surface area contributed by atoms with E-state index in [2.05, 4.69) is 10.0 Å². The number of nitrogens with two attached hydrogens (primary N) is 2. The summed E-state index contributed by atoms with van der Waals surface area (Å²) < 4.78 is 16.5. The van der Waals surface area contributed by atoms with E-state index in [0.29, 0.717) is 16.6 Å². The summed E-state index contributed by atoms with van der Waals surface area (Å²) >= 11 is 7.36. The maximum Gasteiger partial charge on any atom is 0.126 e. The number of thiazole rings is 1. The van der Waals surface area contributed by atoms with Gasteiger partial charge in [0.05, 0.1) is 19.9 Å². The molecule has 1 atom stereocenters. The molecular formula is C23H32ClN5OS2. The van der Waals surface area contributed by atoms with Crippen LogP contribution in [0.2, 0.25) is 0 Å². The first-order chi connectivity index (χ1) is 15.1. The van der Waals surface area contributed by atoms with Crippen molar-refractivity contribution in [2.75, 3.05) is 5.32 Å². The molecule has 1 saturated carbocycles. The lowest BCUT2D eigenvalue weighted by molar-refractivity contribution is 0.442. The molecule has 1 aliphatic carbocycles. The molecule has 174 valence electrons. The predicted octanol–water partition coefficient (Wildman–Crippen LogP) is 5.52. The molecule has 0 aliphatic heterocycles. The van der Waals surface area contributed by atoms with E-state index >= 15 is 0 Å². The topological polar surface area (TPSA) is 106 Å². The normalized spacial score (nSPS) is 17.4. The van der Waals surface area contributed by atoms with Crippen molar-refractivity contribution in [3.63, 3.8) is 0 Å². The van der Waals surface area contributed by atoms with E-state index in [0.717, 1.165) is 16.1 Å². The van der Waals surface area contributed by atoms with Gasteiger partial charge in [0, 0.05) is 28.9 Å². The second-order valence-electron chi connectivity index (χ2n) is 9.03. The molecule has 0 radical (unpaired) electrons. The summed E-state index contributed by atoms with van der Waals surface area (Å²) in [5.41, 5.74) is 12.8. The molecule has 1 fully saturated rings. The van der Waals surface area contributed by atoms with Gasteiger partial charge in [-0.05, 0) is 57.9 Å². The van der Waals surface area contributed by atoms with Crippen LogP contribution in [0.15, 0.2) is 52.4 Å². The van der Waals surface area contributed by atoms with Gasteiger partial charge in [0.25, 0.3) is 0 Å². The van der Waals surface area contributed by atoms with Crippen molar-refractivity contribution in [2.24, 2.45) is 11.5 Å². The van der Waals surface area contributed by atoms with Gasteiger partial charge in [0.15, 0.2) is 0 Å². The zero-order valence-electron chi connectivity index (χ0n) is 18.8. The quantitative estimate of drug-likeness (QED) is 0.300. The molecule has 32 heavy (non-hydrogen) atoms. The van der Waals surface area contributed by atoms with E-state index in [4.69, 9.17) is 28.1 Å². The smallest absolute Gasteiger partial charge is 0.126 e. The number of allylic oxidation sites excluding steroid dienone is 2. The first-order valence-corrected chi connectivity index (χ1v) is 13.1. The molecule has 0 spiro atoms. The zero-order valence-corrected chi connectivity index (χ0v) is 21.2.